The van der Waals surface area contributed by atoms with Gasteiger partial charge in [0.05, 0.1) is 16.0 Å². The maximum Gasteiger partial charge on any atom is 0.269 e. The van der Waals surface area contributed by atoms with Gasteiger partial charge in [-0.05, 0) is 25.1 Å². The van der Waals surface area contributed by atoms with Crippen LogP contribution >= 0.6 is 12.2 Å². The fourth-order valence-electron chi connectivity index (χ4n) is 2.16. The number of rotatable bonds is 8. The number of hydrogen-bond donors (Lipinski definition) is 1. The average molecular weight is 295 g/mol. The van der Waals surface area contributed by atoms with E-state index in [-0.39, 0.29) is 11.7 Å². The van der Waals surface area contributed by atoms with Gasteiger partial charge >= 0.3 is 0 Å². The zero-order valence-electron chi connectivity index (χ0n) is 11.9. The minimum atomic E-state index is -0.409. The van der Waals surface area contributed by atoms with Crippen LogP contribution in [-0.2, 0) is 0 Å². The van der Waals surface area contributed by atoms with Crippen LogP contribution in [-0.4, -0.2) is 27.9 Å². The van der Waals surface area contributed by atoms with Gasteiger partial charge in [0.1, 0.15) is 0 Å². The second kappa shape index (κ2) is 7.91. The van der Waals surface area contributed by atoms with Crippen LogP contribution in [0.3, 0.4) is 0 Å². The molecule has 0 saturated heterocycles. The summed E-state index contributed by atoms with van der Waals surface area (Å²) in [6, 6.07) is 6.29. The predicted octanol–water partition coefficient (Wildman–Crippen LogP) is 3.04. The Balaban J connectivity index is 3.00. The second-order valence-corrected chi connectivity index (χ2v) is 5.11. The van der Waals surface area contributed by atoms with Crippen molar-refractivity contribution in [3.63, 3.8) is 0 Å². The Morgan fingerprint density at radius 3 is 2.40 bits per heavy atom. The molecule has 110 valence electrons. The molecule has 0 spiro atoms. The molecule has 1 aromatic carbocycles. The highest BCUT2D eigenvalue weighted by Crippen LogP contribution is 2.24. The molecular formula is C14H21N3O2S. The summed E-state index contributed by atoms with van der Waals surface area (Å²) in [4.78, 5) is 12.9. The molecule has 0 fully saturated rings. The third kappa shape index (κ3) is 4.25. The molecule has 0 amide bonds. The molecule has 5 nitrogen and oxygen atoms in total. The normalized spacial score (nSPS) is 12.3. The molecule has 1 aromatic rings. The van der Waals surface area contributed by atoms with E-state index in [4.69, 9.17) is 18.0 Å². The number of nitrogens with two attached hydrogens (primary N) is 1. The van der Waals surface area contributed by atoms with Crippen molar-refractivity contribution in [1.29, 1.82) is 0 Å². The first-order valence-corrected chi connectivity index (χ1v) is 7.19. The Labute approximate surface area is 124 Å². The van der Waals surface area contributed by atoms with Crippen LogP contribution < -0.4 is 5.73 Å². The zero-order chi connectivity index (χ0) is 15.1. The molecule has 0 bridgehead atoms. The monoisotopic (exact) mass is 295 g/mol. The zero-order valence-corrected chi connectivity index (χ0v) is 12.7. The van der Waals surface area contributed by atoms with Crippen LogP contribution in [0.2, 0.25) is 0 Å². The van der Waals surface area contributed by atoms with E-state index in [1.54, 1.807) is 12.1 Å². The molecule has 20 heavy (non-hydrogen) atoms. The third-order valence-corrected chi connectivity index (χ3v) is 3.48. The van der Waals surface area contributed by atoms with Gasteiger partial charge in [0.2, 0.25) is 0 Å². The number of hydrogen-bond acceptors (Lipinski definition) is 4. The molecule has 2 N–H and O–H groups in total. The highest BCUT2D eigenvalue weighted by atomic mass is 32.1. The Hall–Kier alpha value is -1.53. The van der Waals surface area contributed by atoms with E-state index in [9.17, 15) is 10.1 Å². The first kappa shape index (κ1) is 16.5. The Kier molecular flexibility index (Phi) is 6.54. The fraction of sp³-hybridized carbons (Fsp3) is 0.500. The highest BCUT2D eigenvalue weighted by Gasteiger charge is 2.22. The van der Waals surface area contributed by atoms with Crippen LogP contribution in [0.15, 0.2) is 24.3 Å². The largest absolute Gasteiger partial charge is 0.392 e. The molecule has 1 rings (SSSR count). The molecule has 0 saturated carbocycles. The predicted molar refractivity (Wildman–Crippen MR) is 84.8 cm³/mol. The molecule has 0 aromatic heterocycles. The van der Waals surface area contributed by atoms with Crippen LogP contribution in [0, 0.1) is 10.1 Å². The minimum Gasteiger partial charge on any atom is -0.392 e. The van der Waals surface area contributed by atoms with E-state index in [2.05, 4.69) is 18.7 Å². The maximum atomic E-state index is 10.7. The first-order valence-electron chi connectivity index (χ1n) is 6.79. The molecule has 6 heteroatoms. The number of benzene rings is 1. The average Bonchev–Trinajstić information content (AvgIpc) is 2.43. The van der Waals surface area contributed by atoms with E-state index in [0.717, 1.165) is 31.5 Å². The summed E-state index contributed by atoms with van der Waals surface area (Å²) in [6.07, 6.45) is 2.17. The number of unbranched alkanes of at least 4 members (excludes halogenated alkanes) is 1. The van der Waals surface area contributed by atoms with Crippen molar-refractivity contribution in [1.82, 2.24) is 4.90 Å². The molecular weight excluding hydrogens is 274 g/mol. The van der Waals surface area contributed by atoms with Crippen LogP contribution in [0.4, 0.5) is 5.69 Å². The molecule has 0 heterocycles. The molecule has 1 atom stereocenters. The van der Waals surface area contributed by atoms with Crippen LogP contribution in [0.5, 0.6) is 0 Å². The minimum absolute atomic E-state index is 0.0760. The van der Waals surface area contributed by atoms with Gasteiger partial charge < -0.3 is 5.73 Å². The number of nitro groups is 1. The summed E-state index contributed by atoms with van der Waals surface area (Å²) >= 11 is 5.18. The topological polar surface area (TPSA) is 72.4 Å². The van der Waals surface area contributed by atoms with Gasteiger partial charge in [0.25, 0.3) is 5.69 Å². The van der Waals surface area contributed by atoms with Crippen molar-refractivity contribution in [2.75, 3.05) is 13.1 Å². The van der Waals surface area contributed by atoms with E-state index in [1.165, 1.54) is 12.1 Å². The lowest BCUT2D eigenvalue weighted by Crippen LogP contribution is -2.37. The number of nitrogens with zero attached hydrogens (tertiary/aromatic N) is 2. The van der Waals surface area contributed by atoms with Crippen molar-refractivity contribution in [3.8, 4) is 0 Å². The number of non-ortho nitro benzene ring substituents is 1. The Bertz CT molecular complexity index is 462. The van der Waals surface area contributed by atoms with Gasteiger partial charge in [-0.1, -0.05) is 44.6 Å². The van der Waals surface area contributed by atoms with Crippen LogP contribution in [0.1, 0.15) is 38.3 Å². The van der Waals surface area contributed by atoms with Crippen molar-refractivity contribution >= 4 is 22.9 Å². The number of likely N-dealkylation sites (N-methyl/N-ethyl adjacent to an activating group) is 1. The molecule has 0 aliphatic heterocycles. The van der Waals surface area contributed by atoms with E-state index >= 15 is 0 Å². The highest BCUT2D eigenvalue weighted by molar-refractivity contribution is 7.80. The summed E-state index contributed by atoms with van der Waals surface area (Å²) in [5.74, 6) is 0. The lowest BCUT2D eigenvalue weighted by molar-refractivity contribution is -0.384. The standard InChI is InChI=1S/C14H21N3O2S/c1-3-5-10-16(4-2)13(14(15)20)11-6-8-12(9-7-11)17(18)19/h6-9,13H,3-5,10H2,1-2H3,(H2,15,20). The van der Waals surface area contributed by atoms with E-state index < -0.39 is 4.92 Å². The quantitative estimate of drug-likeness (QED) is 0.453. The molecule has 0 radical (unpaired) electrons. The first-order chi connectivity index (χ1) is 9.51. The van der Waals surface area contributed by atoms with E-state index in [0.29, 0.717) is 4.99 Å². The lowest BCUT2D eigenvalue weighted by atomic mass is 10.0. The van der Waals surface area contributed by atoms with Gasteiger partial charge in [0, 0.05) is 12.1 Å². The SMILES string of the molecule is CCCCN(CC)C(C(N)=S)c1ccc([N+](=O)[O-])cc1. The smallest absolute Gasteiger partial charge is 0.269 e. The number of thiocarbonyl (C=S) groups is 1. The Morgan fingerprint density at radius 2 is 2.00 bits per heavy atom. The summed E-state index contributed by atoms with van der Waals surface area (Å²) in [5, 5.41) is 10.7. The molecule has 0 aliphatic carbocycles. The summed E-state index contributed by atoms with van der Waals surface area (Å²) < 4.78 is 0. The summed E-state index contributed by atoms with van der Waals surface area (Å²) in [6.45, 7) is 5.94. The van der Waals surface area contributed by atoms with Crippen molar-refractivity contribution in [2.24, 2.45) is 5.73 Å². The van der Waals surface area contributed by atoms with Gasteiger partial charge in [-0.15, -0.1) is 0 Å². The number of nitro benzene ring substituents is 1. The third-order valence-electron chi connectivity index (χ3n) is 3.26. The maximum absolute atomic E-state index is 10.7. The van der Waals surface area contributed by atoms with Crippen molar-refractivity contribution < 1.29 is 4.92 Å². The lowest BCUT2D eigenvalue weighted by Gasteiger charge is -2.30. The van der Waals surface area contributed by atoms with Gasteiger partial charge in [-0.25, -0.2) is 0 Å². The van der Waals surface area contributed by atoms with E-state index in [1.807, 2.05) is 0 Å². The summed E-state index contributed by atoms with van der Waals surface area (Å²) in [7, 11) is 0. The molecule has 1 unspecified atom stereocenters. The van der Waals surface area contributed by atoms with Crippen molar-refractivity contribution in [2.45, 2.75) is 32.7 Å². The Morgan fingerprint density at radius 1 is 1.40 bits per heavy atom. The fourth-order valence-corrected chi connectivity index (χ4v) is 2.45. The molecule has 0 aliphatic rings. The second-order valence-electron chi connectivity index (χ2n) is 4.64. The van der Waals surface area contributed by atoms with Crippen LogP contribution in [0.25, 0.3) is 0 Å². The van der Waals surface area contributed by atoms with Gasteiger partial charge in [0.15, 0.2) is 0 Å². The summed E-state index contributed by atoms with van der Waals surface area (Å²) in [5.41, 5.74) is 6.85. The van der Waals surface area contributed by atoms with Crippen molar-refractivity contribution in [3.05, 3.63) is 39.9 Å². The van der Waals surface area contributed by atoms with Gasteiger partial charge in [-0.2, -0.15) is 0 Å². The van der Waals surface area contributed by atoms with Gasteiger partial charge in [-0.3, -0.25) is 15.0 Å².